The predicted molar refractivity (Wildman–Crippen MR) is 77.3 cm³/mol. The molecule has 3 nitrogen and oxygen atoms in total. The first-order valence-electron chi connectivity index (χ1n) is 5.68. The lowest BCUT2D eigenvalue weighted by Gasteiger charge is -2.09. The van der Waals surface area contributed by atoms with E-state index in [0.29, 0.717) is 21.5 Å². The summed E-state index contributed by atoms with van der Waals surface area (Å²) >= 11 is 3.18. The molecule has 0 aromatic heterocycles. The minimum absolute atomic E-state index is 0.327. The van der Waals surface area contributed by atoms with Crippen LogP contribution in [0.5, 0.6) is 11.5 Å². The molecule has 0 spiro atoms. The fourth-order valence-electron chi connectivity index (χ4n) is 1.59. The largest absolute Gasteiger partial charge is 0.478 e. The summed E-state index contributed by atoms with van der Waals surface area (Å²) in [5.74, 6) is -0.697. The summed E-state index contributed by atoms with van der Waals surface area (Å²) in [5, 5.41) is 8.64. The van der Waals surface area contributed by atoms with Crippen molar-refractivity contribution in [2.45, 2.75) is 0 Å². The van der Waals surface area contributed by atoms with Gasteiger partial charge in [-0.15, -0.1) is 0 Å². The molecule has 0 unspecified atom stereocenters. The van der Waals surface area contributed by atoms with Crippen LogP contribution in [0, 0.1) is 5.82 Å². The summed E-state index contributed by atoms with van der Waals surface area (Å²) in [6.07, 6.45) is 2.44. The van der Waals surface area contributed by atoms with Crippen LogP contribution in [0.1, 0.15) is 5.56 Å². The van der Waals surface area contributed by atoms with Gasteiger partial charge in [-0.2, -0.15) is 0 Å². The molecular formula is C15H10BrFO3. The molecule has 2 aromatic rings. The van der Waals surface area contributed by atoms with E-state index in [4.69, 9.17) is 9.84 Å². The van der Waals surface area contributed by atoms with E-state index in [2.05, 4.69) is 15.9 Å². The van der Waals surface area contributed by atoms with E-state index < -0.39 is 11.8 Å². The zero-order chi connectivity index (χ0) is 14.5. The lowest BCUT2D eigenvalue weighted by molar-refractivity contribution is -0.131. The second kappa shape index (κ2) is 6.34. The van der Waals surface area contributed by atoms with E-state index in [1.54, 1.807) is 30.3 Å². The van der Waals surface area contributed by atoms with Gasteiger partial charge in [-0.25, -0.2) is 9.18 Å². The van der Waals surface area contributed by atoms with Gasteiger partial charge in [0.15, 0.2) is 0 Å². The SMILES string of the molecule is O=C(O)/C=C/c1ccccc1Oc1cc(F)cc(Br)c1. The van der Waals surface area contributed by atoms with Crippen molar-refractivity contribution in [1.29, 1.82) is 0 Å². The molecule has 0 saturated carbocycles. The van der Waals surface area contributed by atoms with E-state index in [0.717, 1.165) is 6.08 Å². The van der Waals surface area contributed by atoms with Gasteiger partial charge in [0, 0.05) is 22.2 Å². The van der Waals surface area contributed by atoms with Crippen molar-refractivity contribution in [2.24, 2.45) is 0 Å². The van der Waals surface area contributed by atoms with Gasteiger partial charge in [-0.05, 0) is 24.3 Å². The molecule has 5 heteroatoms. The van der Waals surface area contributed by atoms with E-state index >= 15 is 0 Å². The van der Waals surface area contributed by atoms with Crippen LogP contribution in [0.3, 0.4) is 0 Å². The molecule has 0 aliphatic rings. The normalized spacial score (nSPS) is 10.7. The van der Waals surface area contributed by atoms with Crippen molar-refractivity contribution in [3.63, 3.8) is 0 Å². The fourth-order valence-corrected chi connectivity index (χ4v) is 2.03. The van der Waals surface area contributed by atoms with Gasteiger partial charge in [-0.3, -0.25) is 0 Å². The minimum Gasteiger partial charge on any atom is -0.478 e. The topological polar surface area (TPSA) is 46.5 Å². The van der Waals surface area contributed by atoms with Crippen molar-refractivity contribution < 1.29 is 19.0 Å². The molecule has 1 N–H and O–H groups in total. The van der Waals surface area contributed by atoms with Gasteiger partial charge < -0.3 is 9.84 Å². The average molecular weight is 337 g/mol. The Morgan fingerprint density at radius 2 is 2.00 bits per heavy atom. The fraction of sp³-hybridized carbons (Fsp3) is 0. The number of benzene rings is 2. The Morgan fingerprint density at radius 3 is 2.70 bits per heavy atom. The number of rotatable bonds is 4. The Morgan fingerprint density at radius 1 is 1.25 bits per heavy atom. The predicted octanol–water partition coefficient (Wildman–Crippen LogP) is 4.48. The van der Waals surface area contributed by atoms with Crippen molar-refractivity contribution >= 4 is 28.0 Å². The van der Waals surface area contributed by atoms with Gasteiger partial charge in [0.1, 0.15) is 17.3 Å². The second-order valence-corrected chi connectivity index (χ2v) is 4.83. The van der Waals surface area contributed by atoms with Gasteiger partial charge in [0.05, 0.1) is 0 Å². The maximum Gasteiger partial charge on any atom is 0.328 e. The number of carbonyl (C=O) groups is 1. The molecule has 102 valence electrons. The molecule has 0 heterocycles. The second-order valence-electron chi connectivity index (χ2n) is 3.92. The van der Waals surface area contributed by atoms with Crippen LogP contribution in [-0.2, 0) is 4.79 Å². The van der Waals surface area contributed by atoms with Gasteiger partial charge >= 0.3 is 5.97 Å². The number of hydrogen-bond acceptors (Lipinski definition) is 2. The molecule has 0 bridgehead atoms. The monoisotopic (exact) mass is 336 g/mol. The van der Waals surface area contributed by atoms with E-state index in [1.165, 1.54) is 18.2 Å². The summed E-state index contributed by atoms with van der Waals surface area (Å²) in [5.41, 5.74) is 0.593. The third-order valence-corrected chi connectivity index (χ3v) is 2.85. The zero-order valence-electron chi connectivity index (χ0n) is 10.2. The molecule has 0 aliphatic heterocycles. The van der Waals surface area contributed by atoms with Crippen molar-refractivity contribution in [3.05, 3.63) is 64.4 Å². The Labute approximate surface area is 123 Å². The minimum atomic E-state index is -1.05. The van der Waals surface area contributed by atoms with Gasteiger partial charge in [-0.1, -0.05) is 34.1 Å². The van der Waals surface area contributed by atoms with Crippen LogP contribution in [0.2, 0.25) is 0 Å². The highest BCUT2D eigenvalue weighted by Crippen LogP contribution is 2.28. The Bertz CT molecular complexity index is 648. The van der Waals surface area contributed by atoms with Crippen LogP contribution >= 0.6 is 15.9 Å². The third-order valence-electron chi connectivity index (χ3n) is 2.39. The van der Waals surface area contributed by atoms with Crippen molar-refractivity contribution in [2.75, 3.05) is 0 Å². The molecule has 20 heavy (non-hydrogen) atoms. The highest BCUT2D eigenvalue weighted by molar-refractivity contribution is 9.10. The molecule has 0 radical (unpaired) electrons. The first kappa shape index (κ1) is 14.3. The summed E-state index contributed by atoms with van der Waals surface area (Å²) < 4.78 is 19.4. The maximum absolute atomic E-state index is 13.3. The molecule has 0 amide bonds. The first-order chi connectivity index (χ1) is 9.54. The molecule has 0 aliphatic carbocycles. The standard InChI is InChI=1S/C15H10BrFO3/c16-11-7-12(17)9-13(8-11)20-14-4-2-1-3-10(14)5-6-15(18)19/h1-9H,(H,18,19)/b6-5+. The average Bonchev–Trinajstić information content (AvgIpc) is 2.36. The number of carboxylic acid groups (broad SMARTS) is 1. The van der Waals surface area contributed by atoms with Crippen LogP contribution < -0.4 is 4.74 Å². The molecule has 2 rings (SSSR count). The lowest BCUT2D eigenvalue weighted by Crippen LogP contribution is -1.90. The van der Waals surface area contributed by atoms with Crippen LogP contribution in [-0.4, -0.2) is 11.1 Å². The summed E-state index contributed by atoms with van der Waals surface area (Å²) in [7, 11) is 0. The van der Waals surface area contributed by atoms with E-state index in [9.17, 15) is 9.18 Å². The third kappa shape index (κ3) is 3.93. The highest BCUT2D eigenvalue weighted by Gasteiger charge is 2.05. The Balaban J connectivity index is 2.31. The van der Waals surface area contributed by atoms with Gasteiger partial charge in [0.2, 0.25) is 0 Å². The molecule has 0 saturated heterocycles. The smallest absolute Gasteiger partial charge is 0.328 e. The number of hydrogen-bond donors (Lipinski definition) is 1. The molecular weight excluding hydrogens is 327 g/mol. The number of carboxylic acids is 1. The number of para-hydroxylation sites is 1. The molecule has 0 atom stereocenters. The van der Waals surface area contributed by atoms with Crippen molar-refractivity contribution in [1.82, 2.24) is 0 Å². The zero-order valence-corrected chi connectivity index (χ0v) is 11.8. The molecule has 2 aromatic carbocycles. The number of halogens is 2. The van der Waals surface area contributed by atoms with Crippen LogP contribution in [0.15, 0.2) is 53.0 Å². The van der Waals surface area contributed by atoms with E-state index in [-0.39, 0.29) is 0 Å². The first-order valence-corrected chi connectivity index (χ1v) is 6.48. The Hall–Kier alpha value is -2.14. The summed E-state index contributed by atoms with van der Waals surface area (Å²) in [4.78, 5) is 10.5. The summed E-state index contributed by atoms with van der Waals surface area (Å²) in [6.45, 7) is 0. The maximum atomic E-state index is 13.3. The quantitative estimate of drug-likeness (QED) is 0.837. The Kier molecular flexibility index (Phi) is 4.53. The lowest BCUT2D eigenvalue weighted by atomic mass is 10.2. The highest BCUT2D eigenvalue weighted by atomic mass is 79.9. The van der Waals surface area contributed by atoms with Gasteiger partial charge in [0.25, 0.3) is 0 Å². The number of aliphatic carboxylic acids is 1. The van der Waals surface area contributed by atoms with Crippen LogP contribution in [0.25, 0.3) is 6.08 Å². The van der Waals surface area contributed by atoms with Crippen LogP contribution in [0.4, 0.5) is 4.39 Å². The van der Waals surface area contributed by atoms with E-state index in [1.807, 2.05) is 0 Å². The molecule has 0 fully saturated rings. The number of ether oxygens (including phenoxy) is 1. The van der Waals surface area contributed by atoms with Crippen molar-refractivity contribution in [3.8, 4) is 11.5 Å². The summed E-state index contributed by atoms with van der Waals surface area (Å²) in [6, 6.07) is 11.1.